The van der Waals surface area contributed by atoms with Gasteiger partial charge in [-0.25, -0.2) is 0 Å². The standard InChI is InChI=1S/C25H24ClNO3/c1-4-30-25(29)17(3)20-11-7-8-12-23(20)27-18-13-14-21(22(26)15-18)24(28)19-10-6-5-9-16(19)2/h5-15,17,27H,4H2,1-3H3. The summed E-state index contributed by atoms with van der Waals surface area (Å²) in [5.74, 6) is -0.795. The number of nitrogens with one attached hydrogen (secondary N) is 1. The highest BCUT2D eigenvalue weighted by Crippen LogP contribution is 2.30. The summed E-state index contributed by atoms with van der Waals surface area (Å²) < 4.78 is 5.15. The molecular weight excluding hydrogens is 398 g/mol. The van der Waals surface area contributed by atoms with E-state index in [-0.39, 0.29) is 11.8 Å². The average molecular weight is 422 g/mol. The highest BCUT2D eigenvalue weighted by Gasteiger charge is 2.20. The van der Waals surface area contributed by atoms with Crippen molar-refractivity contribution in [1.82, 2.24) is 0 Å². The van der Waals surface area contributed by atoms with Gasteiger partial charge in [0.05, 0.1) is 17.5 Å². The Hall–Kier alpha value is -3.11. The first-order valence-corrected chi connectivity index (χ1v) is 10.2. The van der Waals surface area contributed by atoms with E-state index in [2.05, 4.69) is 5.32 Å². The lowest BCUT2D eigenvalue weighted by Crippen LogP contribution is -2.14. The second-order valence-electron chi connectivity index (χ2n) is 7.02. The van der Waals surface area contributed by atoms with Crippen molar-refractivity contribution in [2.24, 2.45) is 0 Å². The summed E-state index contributed by atoms with van der Waals surface area (Å²) in [5, 5.41) is 3.67. The van der Waals surface area contributed by atoms with Crippen molar-refractivity contribution in [3.8, 4) is 0 Å². The van der Waals surface area contributed by atoms with Gasteiger partial charge < -0.3 is 10.1 Å². The smallest absolute Gasteiger partial charge is 0.313 e. The fourth-order valence-corrected chi connectivity index (χ4v) is 3.55. The number of hydrogen-bond donors (Lipinski definition) is 1. The zero-order chi connectivity index (χ0) is 21.7. The zero-order valence-electron chi connectivity index (χ0n) is 17.2. The van der Waals surface area contributed by atoms with Crippen LogP contribution >= 0.6 is 11.6 Å². The van der Waals surface area contributed by atoms with Gasteiger partial charge in [0, 0.05) is 22.5 Å². The molecule has 0 aliphatic rings. The van der Waals surface area contributed by atoms with Crippen LogP contribution in [0.15, 0.2) is 66.7 Å². The molecule has 5 heteroatoms. The van der Waals surface area contributed by atoms with Crippen molar-refractivity contribution >= 4 is 34.7 Å². The molecule has 154 valence electrons. The summed E-state index contributed by atoms with van der Waals surface area (Å²) in [6, 6.07) is 20.2. The maximum atomic E-state index is 12.9. The van der Waals surface area contributed by atoms with Gasteiger partial charge in [-0.05, 0) is 56.2 Å². The first-order chi connectivity index (χ1) is 14.4. The van der Waals surface area contributed by atoms with Gasteiger partial charge in [-0.1, -0.05) is 54.1 Å². The molecule has 0 fully saturated rings. The van der Waals surface area contributed by atoms with Crippen LogP contribution < -0.4 is 5.32 Å². The topological polar surface area (TPSA) is 55.4 Å². The van der Waals surface area contributed by atoms with Crippen molar-refractivity contribution in [2.75, 3.05) is 11.9 Å². The van der Waals surface area contributed by atoms with Crippen molar-refractivity contribution in [2.45, 2.75) is 26.7 Å². The Labute approximate surface area is 181 Å². The number of carbonyl (C=O) groups is 2. The van der Waals surface area contributed by atoms with Crippen molar-refractivity contribution in [3.05, 3.63) is 94.0 Å². The fraction of sp³-hybridized carbons (Fsp3) is 0.200. The molecule has 1 atom stereocenters. The minimum absolute atomic E-state index is 0.110. The Morgan fingerprint density at radius 2 is 1.70 bits per heavy atom. The molecule has 3 rings (SSSR count). The van der Waals surface area contributed by atoms with Crippen LogP contribution in [0.4, 0.5) is 11.4 Å². The van der Waals surface area contributed by atoms with Crippen LogP contribution in [0, 0.1) is 6.92 Å². The Balaban J connectivity index is 1.86. The zero-order valence-corrected chi connectivity index (χ0v) is 18.0. The summed E-state index contributed by atoms with van der Waals surface area (Å²) >= 11 is 6.45. The molecule has 0 bridgehead atoms. The number of rotatable bonds is 7. The van der Waals surface area contributed by atoms with Crippen molar-refractivity contribution in [3.63, 3.8) is 0 Å². The van der Waals surface area contributed by atoms with Gasteiger partial charge in [0.15, 0.2) is 5.78 Å². The monoisotopic (exact) mass is 421 g/mol. The van der Waals surface area contributed by atoms with Crippen LogP contribution in [0.2, 0.25) is 5.02 Å². The third-order valence-electron chi connectivity index (χ3n) is 4.95. The van der Waals surface area contributed by atoms with Crippen LogP contribution in [0.3, 0.4) is 0 Å². The molecule has 0 amide bonds. The van der Waals surface area contributed by atoms with Crippen LogP contribution in [0.25, 0.3) is 0 Å². The first kappa shape index (κ1) is 21.6. The highest BCUT2D eigenvalue weighted by molar-refractivity contribution is 6.35. The number of benzene rings is 3. The molecular formula is C25H24ClNO3. The maximum absolute atomic E-state index is 12.9. The third kappa shape index (κ3) is 4.71. The highest BCUT2D eigenvalue weighted by atomic mass is 35.5. The Morgan fingerprint density at radius 1 is 1.00 bits per heavy atom. The molecule has 0 aliphatic carbocycles. The van der Waals surface area contributed by atoms with E-state index in [1.165, 1.54) is 0 Å². The largest absolute Gasteiger partial charge is 0.466 e. The van der Waals surface area contributed by atoms with Gasteiger partial charge in [0.25, 0.3) is 0 Å². The molecule has 30 heavy (non-hydrogen) atoms. The summed E-state index contributed by atoms with van der Waals surface area (Å²) in [7, 11) is 0. The number of para-hydroxylation sites is 1. The minimum atomic E-state index is -0.411. The van der Waals surface area contributed by atoms with Crippen LogP contribution in [-0.4, -0.2) is 18.4 Å². The lowest BCUT2D eigenvalue weighted by molar-refractivity contribution is -0.144. The lowest BCUT2D eigenvalue weighted by Gasteiger charge is -2.17. The molecule has 0 radical (unpaired) electrons. The summed E-state index contributed by atoms with van der Waals surface area (Å²) in [4.78, 5) is 25.1. The van der Waals surface area contributed by atoms with E-state index in [4.69, 9.17) is 16.3 Å². The molecule has 0 heterocycles. The van der Waals surface area contributed by atoms with E-state index in [1.54, 1.807) is 25.1 Å². The van der Waals surface area contributed by atoms with Crippen LogP contribution in [-0.2, 0) is 9.53 Å². The Bertz CT molecular complexity index is 1080. The van der Waals surface area contributed by atoms with Gasteiger partial charge >= 0.3 is 5.97 Å². The third-order valence-corrected chi connectivity index (χ3v) is 5.26. The number of hydrogen-bond acceptors (Lipinski definition) is 4. The molecule has 3 aromatic carbocycles. The average Bonchev–Trinajstić information content (AvgIpc) is 2.74. The van der Waals surface area contributed by atoms with Gasteiger partial charge in [-0.2, -0.15) is 0 Å². The number of anilines is 2. The van der Waals surface area contributed by atoms with E-state index in [9.17, 15) is 9.59 Å². The molecule has 0 spiro atoms. The number of aryl methyl sites for hydroxylation is 1. The van der Waals surface area contributed by atoms with E-state index in [0.29, 0.717) is 22.8 Å². The number of ketones is 1. The fourth-order valence-electron chi connectivity index (χ4n) is 3.29. The second-order valence-corrected chi connectivity index (χ2v) is 7.43. The molecule has 1 N–H and O–H groups in total. The molecule has 3 aromatic rings. The molecule has 0 aromatic heterocycles. The quantitative estimate of drug-likeness (QED) is 0.359. The van der Waals surface area contributed by atoms with Crippen LogP contribution in [0.5, 0.6) is 0 Å². The number of ether oxygens (including phenoxy) is 1. The van der Waals surface area contributed by atoms with E-state index in [0.717, 1.165) is 22.5 Å². The normalized spacial score (nSPS) is 11.6. The lowest BCUT2D eigenvalue weighted by atomic mass is 9.98. The number of esters is 1. The predicted octanol–water partition coefficient (Wildman–Crippen LogP) is 6.29. The Kier molecular flexibility index (Phi) is 6.91. The molecule has 0 saturated carbocycles. The molecule has 0 aliphatic heterocycles. The molecule has 1 unspecified atom stereocenters. The van der Waals surface area contributed by atoms with E-state index < -0.39 is 5.92 Å². The number of halogens is 1. The van der Waals surface area contributed by atoms with Crippen molar-refractivity contribution < 1.29 is 14.3 Å². The van der Waals surface area contributed by atoms with Gasteiger partial charge in [0.2, 0.25) is 0 Å². The molecule has 0 saturated heterocycles. The van der Waals surface area contributed by atoms with E-state index in [1.807, 2.05) is 62.4 Å². The summed E-state index contributed by atoms with van der Waals surface area (Å²) in [6.45, 7) is 5.84. The summed E-state index contributed by atoms with van der Waals surface area (Å²) in [6.07, 6.45) is 0. The first-order valence-electron chi connectivity index (χ1n) is 9.84. The van der Waals surface area contributed by atoms with Crippen LogP contribution in [0.1, 0.15) is 46.8 Å². The maximum Gasteiger partial charge on any atom is 0.313 e. The second kappa shape index (κ2) is 9.59. The summed E-state index contributed by atoms with van der Waals surface area (Å²) in [5.41, 5.74) is 4.32. The predicted molar refractivity (Wildman–Crippen MR) is 121 cm³/mol. The molecule has 4 nitrogen and oxygen atoms in total. The van der Waals surface area contributed by atoms with Gasteiger partial charge in [-0.15, -0.1) is 0 Å². The minimum Gasteiger partial charge on any atom is -0.466 e. The number of carbonyl (C=O) groups excluding carboxylic acids is 2. The van der Waals surface area contributed by atoms with Gasteiger partial charge in [0.1, 0.15) is 0 Å². The van der Waals surface area contributed by atoms with Gasteiger partial charge in [-0.3, -0.25) is 9.59 Å². The van der Waals surface area contributed by atoms with Crippen molar-refractivity contribution in [1.29, 1.82) is 0 Å². The van der Waals surface area contributed by atoms with E-state index >= 15 is 0 Å². The SMILES string of the molecule is CCOC(=O)C(C)c1ccccc1Nc1ccc(C(=O)c2ccccc2C)c(Cl)c1. The Morgan fingerprint density at radius 3 is 2.40 bits per heavy atom.